The summed E-state index contributed by atoms with van der Waals surface area (Å²) >= 11 is 0.843. The van der Waals surface area contributed by atoms with E-state index in [1.54, 1.807) is 13.8 Å². The molecule has 8 nitrogen and oxygen atoms in total. The second-order valence-corrected chi connectivity index (χ2v) is 9.17. The van der Waals surface area contributed by atoms with Gasteiger partial charge in [-0.1, -0.05) is 6.92 Å². The van der Waals surface area contributed by atoms with Crippen molar-refractivity contribution in [2.75, 3.05) is 19.7 Å². The number of piperidine rings is 1. The molecule has 0 aliphatic carbocycles. The third-order valence-electron chi connectivity index (χ3n) is 5.83. The van der Waals surface area contributed by atoms with E-state index in [2.05, 4.69) is 0 Å². The van der Waals surface area contributed by atoms with Crippen molar-refractivity contribution in [2.45, 2.75) is 64.4 Å². The number of aromatic nitrogens is 2. The number of halogens is 3. The molecule has 32 heavy (non-hydrogen) atoms. The Kier molecular flexibility index (Phi) is 6.87. The molecule has 1 aliphatic rings. The van der Waals surface area contributed by atoms with E-state index >= 15 is 0 Å². The van der Waals surface area contributed by atoms with Crippen LogP contribution in [0.15, 0.2) is 9.59 Å². The minimum atomic E-state index is -4.49. The van der Waals surface area contributed by atoms with Crippen LogP contribution in [0.2, 0.25) is 0 Å². The van der Waals surface area contributed by atoms with E-state index in [0.29, 0.717) is 12.0 Å². The third-order valence-corrected chi connectivity index (χ3v) is 7.13. The van der Waals surface area contributed by atoms with Crippen molar-refractivity contribution >= 4 is 27.5 Å². The molecule has 178 valence electrons. The van der Waals surface area contributed by atoms with Gasteiger partial charge in [0.25, 0.3) is 11.5 Å². The van der Waals surface area contributed by atoms with Crippen LogP contribution in [0.1, 0.15) is 47.8 Å². The van der Waals surface area contributed by atoms with Crippen LogP contribution in [-0.4, -0.2) is 61.6 Å². The number of alkyl halides is 3. The number of fused-ring (bicyclic) bond motifs is 1. The Labute approximate surface area is 185 Å². The quantitative estimate of drug-likeness (QED) is 0.661. The normalized spacial score (nSPS) is 16.7. The fraction of sp³-hybridized carbons (Fsp3) is 0.650. The summed E-state index contributed by atoms with van der Waals surface area (Å²) < 4.78 is 40.5. The largest absolute Gasteiger partial charge is 0.393 e. The summed E-state index contributed by atoms with van der Waals surface area (Å²) in [5.41, 5.74) is -2.36. The number of aryl methyl sites for hydroxylation is 2. The lowest BCUT2D eigenvalue weighted by Crippen LogP contribution is -2.48. The van der Waals surface area contributed by atoms with Crippen LogP contribution < -0.4 is 11.2 Å². The Morgan fingerprint density at radius 3 is 2.31 bits per heavy atom. The van der Waals surface area contributed by atoms with Crippen molar-refractivity contribution in [3.8, 4) is 0 Å². The molecule has 3 rings (SSSR count). The number of carbonyl (C=O) groups excluding carboxylic acids is 1. The van der Waals surface area contributed by atoms with E-state index in [0.717, 1.165) is 20.5 Å². The zero-order chi connectivity index (χ0) is 23.8. The van der Waals surface area contributed by atoms with Gasteiger partial charge in [-0.05, 0) is 31.7 Å². The molecular weight excluding hydrogens is 451 g/mol. The standard InChI is InChI=1S/C20H26F3N3O5S/c1-3-7-25-15(28)13-12(2)14(16(29)24-8-4-19(31,11-27)5-9-24)32-17(13)26(18(25)30)10-6-20(21,22)23/h27,31H,3-11H2,1-2H3. The van der Waals surface area contributed by atoms with Gasteiger partial charge < -0.3 is 15.1 Å². The number of hydrogen-bond acceptors (Lipinski definition) is 6. The highest BCUT2D eigenvalue weighted by Crippen LogP contribution is 2.31. The predicted molar refractivity (Wildman–Crippen MR) is 113 cm³/mol. The molecular formula is C20H26F3N3O5S. The third kappa shape index (κ3) is 4.62. The summed E-state index contributed by atoms with van der Waals surface area (Å²) in [7, 11) is 0. The molecule has 1 fully saturated rings. The first kappa shape index (κ1) is 24.5. The lowest BCUT2D eigenvalue weighted by molar-refractivity contribution is -0.136. The molecule has 1 aliphatic heterocycles. The molecule has 0 aromatic carbocycles. The van der Waals surface area contributed by atoms with E-state index in [1.165, 1.54) is 4.90 Å². The Bertz CT molecular complexity index is 1130. The molecule has 0 radical (unpaired) electrons. The lowest BCUT2D eigenvalue weighted by atomic mass is 9.92. The number of aliphatic hydroxyl groups is 2. The summed E-state index contributed by atoms with van der Waals surface area (Å²) in [6, 6.07) is 0. The minimum absolute atomic E-state index is 0.0568. The molecule has 2 aromatic rings. The van der Waals surface area contributed by atoms with Gasteiger partial charge in [-0.25, -0.2) is 4.79 Å². The summed E-state index contributed by atoms with van der Waals surface area (Å²) in [5, 5.41) is 19.5. The summed E-state index contributed by atoms with van der Waals surface area (Å²) in [6.45, 7) is 2.66. The van der Waals surface area contributed by atoms with Crippen molar-refractivity contribution in [2.24, 2.45) is 0 Å². The number of nitrogens with zero attached hydrogens (tertiary/aromatic N) is 3. The molecule has 0 saturated carbocycles. The Hall–Kier alpha value is -2.18. The van der Waals surface area contributed by atoms with Crippen molar-refractivity contribution in [3.05, 3.63) is 31.3 Å². The minimum Gasteiger partial charge on any atom is -0.393 e. The smallest absolute Gasteiger partial charge is 0.390 e. The van der Waals surface area contributed by atoms with Gasteiger partial charge in [-0.2, -0.15) is 13.2 Å². The van der Waals surface area contributed by atoms with Gasteiger partial charge >= 0.3 is 11.9 Å². The molecule has 1 amide bonds. The SMILES string of the molecule is CCCn1c(=O)c2c(C)c(C(=O)N3CCC(O)(CO)CC3)sc2n(CCC(F)(F)F)c1=O. The molecule has 0 unspecified atom stereocenters. The van der Waals surface area contributed by atoms with Crippen molar-refractivity contribution < 1.29 is 28.2 Å². The Morgan fingerprint density at radius 2 is 1.78 bits per heavy atom. The van der Waals surface area contributed by atoms with Gasteiger partial charge in [0.2, 0.25) is 0 Å². The summed E-state index contributed by atoms with van der Waals surface area (Å²) in [6.07, 6.45) is -4.92. The van der Waals surface area contributed by atoms with Gasteiger partial charge in [0.15, 0.2) is 0 Å². The van der Waals surface area contributed by atoms with E-state index in [9.17, 15) is 37.8 Å². The summed E-state index contributed by atoms with van der Waals surface area (Å²) in [4.78, 5) is 40.7. The average Bonchev–Trinajstić information content (AvgIpc) is 3.07. The number of thiophene rings is 1. The first-order valence-electron chi connectivity index (χ1n) is 10.4. The molecule has 3 heterocycles. The van der Waals surface area contributed by atoms with Crippen LogP contribution in [0.25, 0.3) is 10.2 Å². The maximum atomic E-state index is 13.1. The van der Waals surface area contributed by atoms with Crippen LogP contribution in [-0.2, 0) is 13.1 Å². The van der Waals surface area contributed by atoms with E-state index in [4.69, 9.17) is 0 Å². The molecule has 0 bridgehead atoms. The van der Waals surface area contributed by atoms with Gasteiger partial charge in [-0.3, -0.25) is 18.7 Å². The number of amides is 1. The van der Waals surface area contributed by atoms with E-state index in [1.807, 2.05) is 0 Å². The fourth-order valence-corrected chi connectivity index (χ4v) is 5.17. The van der Waals surface area contributed by atoms with Gasteiger partial charge in [0.05, 0.1) is 28.9 Å². The topological polar surface area (TPSA) is 105 Å². The second kappa shape index (κ2) is 8.99. The zero-order valence-corrected chi connectivity index (χ0v) is 18.7. The molecule has 2 aromatic heterocycles. The molecule has 0 spiro atoms. The van der Waals surface area contributed by atoms with Crippen LogP contribution in [0, 0.1) is 6.92 Å². The first-order valence-corrected chi connectivity index (χ1v) is 11.2. The lowest BCUT2D eigenvalue weighted by Gasteiger charge is -2.36. The number of likely N-dealkylation sites (tertiary alicyclic amines) is 1. The van der Waals surface area contributed by atoms with Crippen LogP contribution >= 0.6 is 11.3 Å². The van der Waals surface area contributed by atoms with Crippen molar-refractivity contribution in [1.29, 1.82) is 0 Å². The van der Waals surface area contributed by atoms with Crippen LogP contribution in [0.5, 0.6) is 0 Å². The Morgan fingerprint density at radius 1 is 1.16 bits per heavy atom. The second-order valence-electron chi connectivity index (χ2n) is 8.17. The van der Waals surface area contributed by atoms with Crippen molar-refractivity contribution in [3.63, 3.8) is 0 Å². The highest BCUT2D eigenvalue weighted by molar-refractivity contribution is 7.20. The number of carbonyl (C=O) groups is 1. The number of hydrogen-bond donors (Lipinski definition) is 2. The van der Waals surface area contributed by atoms with Gasteiger partial charge in [0.1, 0.15) is 4.83 Å². The van der Waals surface area contributed by atoms with Crippen LogP contribution in [0.4, 0.5) is 13.2 Å². The summed E-state index contributed by atoms with van der Waals surface area (Å²) in [5.74, 6) is -0.417. The molecule has 1 saturated heterocycles. The Balaban J connectivity index is 2.09. The number of rotatable bonds is 6. The van der Waals surface area contributed by atoms with E-state index < -0.39 is 48.5 Å². The van der Waals surface area contributed by atoms with Crippen molar-refractivity contribution in [1.82, 2.24) is 14.0 Å². The van der Waals surface area contributed by atoms with E-state index in [-0.39, 0.29) is 47.6 Å². The predicted octanol–water partition coefficient (Wildman–Crippen LogP) is 1.85. The first-order chi connectivity index (χ1) is 14.9. The fourth-order valence-electron chi connectivity index (χ4n) is 3.88. The number of aliphatic hydroxyl groups excluding tert-OH is 1. The molecule has 0 atom stereocenters. The monoisotopic (exact) mass is 477 g/mol. The average molecular weight is 478 g/mol. The molecule has 12 heteroatoms. The van der Waals surface area contributed by atoms with Gasteiger partial charge in [-0.15, -0.1) is 11.3 Å². The maximum Gasteiger partial charge on any atom is 0.390 e. The van der Waals surface area contributed by atoms with Crippen LogP contribution in [0.3, 0.4) is 0 Å². The maximum absolute atomic E-state index is 13.1. The molecule has 2 N–H and O–H groups in total. The zero-order valence-electron chi connectivity index (χ0n) is 17.9. The highest BCUT2D eigenvalue weighted by Gasteiger charge is 2.35. The van der Waals surface area contributed by atoms with Gasteiger partial charge in [0, 0.05) is 26.2 Å². The highest BCUT2D eigenvalue weighted by atomic mass is 32.1.